The fourth-order valence-electron chi connectivity index (χ4n) is 0.951. The molecule has 0 amide bonds. The van der Waals surface area contributed by atoms with E-state index in [1.54, 1.807) is 12.1 Å². The van der Waals surface area contributed by atoms with Crippen molar-refractivity contribution in [1.82, 2.24) is 0 Å². The molecule has 4 nitrogen and oxygen atoms in total. The highest BCUT2D eigenvalue weighted by Crippen LogP contribution is 2.08. The summed E-state index contributed by atoms with van der Waals surface area (Å²) in [7, 11) is 0. The summed E-state index contributed by atoms with van der Waals surface area (Å²) >= 11 is 0. The van der Waals surface area contributed by atoms with Gasteiger partial charge in [-0.1, -0.05) is 0 Å². The van der Waals surface area contributed by atoms with Crippen LogP contribution in [0.4, 0.5) is 0 Å². The summed E-state index contributed by atoms with van der Waals surface area (Å²) in [5.74, 6) is 0.766. The Kier molecular flexibility index (Phi) is 3.85. The van der Waals surface area contributed by atoms with Crippen LogP contribution in [0, 0.1) is 0 Å². The Morgan fingerprint density at radius 2 is 2.29 bits per heavy atom. The summed E-state index contributed by atoms with van der Waals surface area (Å²) in [6.45, 7) is 4.11. The average Bonchev–Trinajstić information content (AvgIpc) is 2.62. The molecule has 0 aliphatic heterocycles. The van der Waals surface area contributed by atoms with E-state index in [1.807, 2.05) is 13.8 Å². The van der Waals surface area contributed by atoms with E-state index in [0.717, 1.165) is 0 Å². The van der Waals surface area contributed by atoms with Gasteiger partial charge in [-0.2, -0.15) is 0 Å². The Labute approximate surface area is 83.0 Å². The molecule has 1 rings (SSSR count). The number of hydrogen-bond acceptors (Lipinski definition) is 4. The van der Waals surface area contributed by atoms with Crippen LogP contribution in [0.15, 0.2) is 16.5 Å². The number of hydrogen-bond donors (Lipinski definition) is 1. The molecule has 0 saturated heterocycles. The van der Waals surface area contributed by atoms with E-state index in [9.17, 15) is 4.79 Å². The van der Waals surface area contributed by atoms with Gasteiger partial charge in [0.2, 0.25) is 5.78 Å². The number of Topliss-reactive ketones (excluding diaryl/α,β-unsaturated/α-hetero) is 1. The van der Waals surface area contributed by atoms with Gasteiger partial charge in [0, 0.05) is 0 Å². The summed E-state index contributed by atoms with van der Waals surface area (Å²) < 4.78 is 10.3. The third-order valence-corrected chi connectivity index (χ3v) is 1.69. The minimum atomic E-state index is -0.154. The van der Waals surface area contributed by atoms with Gasteiger partial charge in [0.25, 0.3) is 0 Å². The first kappa shape index (κ1) is 10.9. The molecule has 0 fully saturated rings. The van der Waals surface area contributed by atoms with E-state index in [0.29, 0.717) is 18.1 Å². The molecular formula is C10H15NO3. The molecule has 1 aromatic rings. The quantitative estimate of drug-likeness (QED) is 0.723. The van der Waals surface area contributed by atoms with Crippen molar-refractivity contribution in [1.29, 1.82) is 0 Å². The van der Waals surface area contributed by atoms with Crippen LogP contribution in [0.3, 0.4) is 0 Å². The molecule has 1 aromatic heterocycles. The lowest BCUT2D eigenvalue weighted by atomic mass is 10.3. The van der Waals surface area contributed by atoms with Crippen molar-refractivity contribution in [2.45, 2.75) is 26.5 Å². The third-order valence-electron chi connectivity index (χ3n) is 1.69. The smallest absolute Gasteiger partial charge is 0.223 e. The molecule has 0 aromatic carbocycles. The van der Waals surface area contributed by atoms with E-state index in [1.165, 1.54) is 0 Å². The zero-order valence-electron chi connectivity index (χ0n) is 8.45. The maximum Gasteiger partial charge on any atom is 0.223 e. The Balaban J connectivity index is 2.52. The van der Waals surface area contributed by atoms with Crippen LogP contribution < -0.4 is 5.73 Å². The molecule has 1 heterocycles. The van der Waals surface area contributed by atoms with Gasteiger partial charge in [-0.25, -0.2) is 0 Å². The largest absolute Gasteiger partial charge is 0.457 e. The van der Waals surface area contributed by atoms with Crippen LogP contribution >= 0.6 is 0 Å². The maximum absolute atomic E-state index is 11.4. The zero-order valence-corrected chi connectivity index (χ0v) is 8.45. The first-order valence-corrected chi connectivity index (χ1v) is 4.57. The first-order valence-electron chi connectivity index (χ1n) is 4.57. The van der Waals surface area contributed by atoms with Crippen molar-refractivity contribution in [2.75, 3.05) is 6.61 Å². The minimum Gasteiger partial charge on any atom is -0.457 e. The number of nitrogens with two attached hydrogens (primary N) is 1. The summed E-state index contributed by atoms with van der Waals surface area (Å²) in [5, 5.41) is 0. The van der Waals surface area contributed by atoms with Gasteiger partial charge >= 0.3 is 0 Å². The SMILES string of the molecule is CC(C)OCC(=O)c1ccc(CN)o1. The molecule has 0 aliphatic rings. The molecule has 0 aliphatic carbocycles. The number of carbonyl (C=O) groups excluding carboxylic acids is 1. The molecule has 0 spiro atoms. The Morgan fingerprint density at radius 3 is 2.79 bits per heavy atom. The predicted octanol–water partition coefficient (Wildman–Crippen LogP) is 1.35. The number of furan rings is 1. The van der Waals surface area contributed by atoms with E-state index >= 15 is 0 Å². The zero-order chi connectivity index (χ0) is 10.6. The molecule has 0 radical (unpaired) electrons. The second-order valence-corrected chi connectivity index (χ2v) is 3.25. The lowest BCUT2D eigenvalue weighted by molar-refractivity contribution is 0.0561. The number of rotatable bonds is 5. The number of ketones is 1. The van der Waals surface area contributed by atoms with E-state index < -0.39 is 0 Å². The van der Waals surface area contributed by atoms with Gasteiger partial charge < -0.3 is 14.9 Å². The summed E-state index contributed by atoms with van der Waals surface area (Å²) in [5.41, 5.74) is 5.35. The van der Waals surface area contributed by atoms with Gasteiger partial charge in [0.1, 0.15) is 12.4 Å². The molecule has 0 saturated carbocycles. The van der Waals surface area contributed by atoms with Crippen molar-refractivity contribution in [3.63, 3.8) is 0 Å². The van der Waals surface area contributed by atoms with Crippen LogP contribution in [0.25, 0.3) is 0 Å². The summed E-state index contributed by atoms with van der Waals surface area (Å²) in [4.78, 5) is 11.4. The topological polar surface area (TPSA) is 65.5 Å². The predicted molar refractivity (Wildman–Crippen MR) is 52.0 cm³/mol. The fourth-order valence-corrected chi connectivity index (χ4v) is 0.951. The molecular weight excluding hydrogens is 182 g/mol. The standard InChI is InChI=1S/C10H15NO3/c1-7(2)13-6-9(12)10-4-3-8(5-11)14-10/h3-4,7H,5-6,11H2,1-2H3. The normalized spacial score (nSPS) is 10.9. The highest BCUT2D eigenvalue weighted by atomic mass is 16.5. The minimum absolute atomic E-state index is 0.0443. The van der Waals surface area contributed by atoms with Gasteiger partial charge in [0.05, 0.1) is 12.6 Å². The molecule has 4 heteroatoms. The maximum atomic E-state index is 11.4. The van der Waals surface area contributed by atoms with Crippen molar-refractivity contribution in [3.8, 4) is 0 Å². The highest BCUT2D eigenvalue weighted by Gasteiger charge is 2.11. The van der Waals surface area contributed by atoms with Crippen molar-refractivity contribution in [3.05, 3.63) is 23.7 Å². The van der Waals surface area contributed by atoms with Crippen LogP contribution in [0.2, 0.25) is 0 Å². The Morgan fingerprint density at radius 1 is 1.57 bits per heavy atom. The van der Waals surface area contributed by atoms with Crippen LogP contribution in [-0.2, 0) is 11.3 Å². The molecule has 0 bridgehead atoms. The van der Waals surface area contributed by atoms with E-state index in [-0.39, 0.29) is 18.5 Å². The van der Waals surface area contributed by atoms with Crippen molar-refractivity contribution < 1.29 is 13.9 Å². The molecule has 78 valence electrons. The van der Waals surface area contributed by atoms with Gasteiger partial charge in [-0.3, -0.25) is 4.79 Å². The average molecular weight is 197 g/mol. The number of carbonyl (C=O) groups is 1. The summed E-state index contributed by atoms with van der Waals surface area (Å²) in [6, 6.07) is 3.32. The van der Waals surface area contributed by atoms with Crippen molar-refractivity contribution >= 4 is 5.78 Å². The third kappa shape index (κ3) is 2.97. The Hall–Kier alpha value is -1.13. The monoisotopic (exact) mass is 197 g/mol. The van der Waals surface area contributed by atoms with Crippen LogP contribution in [0.1, 0.15) is 30.2 Å². The van der Waals surface area contributed by atoms with Crippen LogP contribution in [-0.4, -0.2) is 18.5 Å². The second-order valence-electron chi connectivity index (χ2n) is 3.25. The Bertz CT molecular complexity index is 304. The molecule has 2 N–H and O–H groups in total. The van der Waals surface area contributed by atoms with E-state index in [2.05, 4.69) is 0 Å². The molecule has 0 atom stereocenters. The van der Waals surface area contributed by atoms with Crippen LogP contribution in [0.5, 0.6) is 0 Å². The van der Waals surface area contributed by atoms with E-state index in [4.69, 9.17) is 14.9 Å². The molecule has 0 unspecified atom stereocenters. The lowest BCUT2D eigenvalue weighted by Crippen LogP contribution is -2.12. The van der Waals surface area contributed by atoms with Gasteiger partial charge in [0.15, 0.2) is 5.76 Å². The number of ether oxygens (including phenoxy) is 1. The fraction of sp³-hybridized carbons (Fsp3) is 0.500. The summed E-state index contributed by atoms with van der Waals surface area (Å²) in [6.07, 6.45) is 0.0443. The molecule has 14 heavy (non-hydrogen) atoms. The van der Waals surface area contributed by atoms with Gasteiger partial charge in [-0.05, 0) is 26.0 Å². The first-order chi connectivity index (χ1) is 6.63. The second kappa shape index (κ2) is 4.93. The highest BCUT2D eigenvalue weighted by molar-refractivity contribution is 5.94. The van der Waals surface area contributed by atoms with Gasteiger partial charge in [-0.15, -0.1) is 0 Å². The van der Waals surface area contributed by atoms with Crippen molar-refractivity contribution in [2.24, 2.45) is 5.73 Å². The lowest BCUT2D eigenvalue weighted by Gasteiger charge is -2.04.